The highest BCUT2D eigenvalue weighted by Crippen LogP contribution is 2.43. The van der Waals surface area contributed by atoms with Crippen molar-refractivity contribution in [1.82, 2.24) is 4.72 Å². The molecular weight excluding hydrogens is 308 g/mol. The van der Waals surface area contributed by atoms with Crippen LogP contribution < -0.4 is 10.5 Å². The van der Waals surface area contributed by atoms with Gasteiger partial charge in [-0.05, 0) is 38.4 Å². The van der Waals surface area contributed by atoms with Crippen molar-refractivity contribution in [2.45, 2.75) is 50.0 Å². The van der Waals surface area contributed by atoms with E-state index in [9.17, 15) is 8.42 Å². The molecule has 1 aliphatic carbocycles. The van der Waals surface area contributed by atoms with Crippen LogP contribution in [0.4, 0.5) is 0 Å². The van der Waals surface area contributed by atoms with Crippen molar-refractivity contribution >= 4 is 21.4 Å². The van der Waals surface area contributed by atoms with Gasteiger partial charge in [0, 0.05) is 22.9 Å². The highest BCUT2D eigenvalue weighted by molar-refractivity contribution is 7.91. The summed E-state index contributed by atoms with van der Waals surface area (Å²) in [6.45, 7) is 7.22. The molecule has 21 heavy (non-hydrogen) atoms. The second-order valence-electron chi connectivity index (χ2n) is 5.93. The van der Waals surface area contributed by atoms with Crippen LogP contribution in [-0.2, 0) is 21.2 Å². The molecule has 0 amide bonds. The lowest BCUT2D eigenvalue weighted by atomic mass is 9.65. The lowest BCUT2D eigenvalue weighted by Crippen LogP contribution is -2.61. The number of thiophene rings is 1. The number of hydrogen-bond acceptors (Lipinski definition) is 5. The molecule has 3 N–H and O–H groups in total. The topological polar surface area (TPSA) is 81.4 Å². The third-order valence-electron chi connectivity index (χ3n) is 4.14. The first kappa shape index (κ1) is 16.9. The van der Waals surface area contributed by atoms with E-state index in [-0.39, 0.29) is 17.6 Å². The van der Waals surface area contributed by atoms with E-state index < -0.39 is 10.0 Å². The molecule has 2 unspecified atom stereocenters. The summed E-state index contributed by atoms with van der Waals surface area (Å²) < 4.78 is 33.7. The normalized spacial score (nSPS) is 24.8. The molecule has 0 saturated heterocycles. The molecule has 0 spiro atoms. The molecule has 0 aromatic carbocycles. The summed E-state index contributed by atoms with van der Waals surface area (Å²) in [5, 5.41) is 0. The Hall–Kier alpha value is -0.470. The zero-order valence-corrected chi connectivity index (χ0v) is 14.4. The van der Waals surface area contributed by atoms with Crippen LogP contribution in [-0.4, -0.2) is 33.7 Å². The Kier molecular flexibility index (Phi) is 5.10. The van der Waals surface area contributed by atoms with Crippen LogP contribution >= 0.6 is 11.3 Å². The highest BCUT2D eigenvalue weighted by atomic mass is 32.2. The standard InChI is InChI=1S/C14H24N2O3S2/c1-4-19-12-9-11(14(12,2)3)16-21(17,18)13-6-5-10(20-13)7-8-15/h5-6,11-12,16H,4,7-9,15H2,1-3H3. The van der Waals surface area contributed by atoms with Gasteiger partial charge in [0.15, 0.2) is 0 Å². The average molecular weight is 332 g/mol. The Morgan fingerprint density at radius 1 is 1.48 bits per heavy atom. The Morgan fingerprint density at radius 2 is 2.19 bits per heavy atom. The number of ether oxygens (including phenoxy) is 1. The molecule has 1 heterocycles. The maximum Gasteiger partial charge on any atom is 0.250 e. The first-order chi connectivity index (χ1) is 9.81. The van der Waals surface area contributed by atoms with Crippen molar-refractivity contribution in [2.24, 2.45) is 11.1 Å². The van der Waals surface area contributed by atoms with Crippen molar-refractivity contribution in [1.29, 1.82) is 0 Å². The average Bonchev–Trinajstić information content (AvgIpc) is 2.87. The number of hydrogen-bond donors (Lipinski definition) is 2. The van der Waals surface area contributed by atoms with Gasteiger partial charge in [-0.25, -0.2) is 13.1 Å². The predicted octanol–water partition coefficient (Wildman–Crippen LogP) is 1.73. The second kappa shape index (κ2) is 6.34. The SMILES string of the molecule is CCOC1CC(NS(=O)(=O)c2ccc(CCN)s2)C1(C)C. The van der Waals surface area contributed by atoms with Crippen LogP contribution in [0.1, 0.15) is 32.1 Å². The van der Waals surface area contributed by atoms with E-state index in [0.717, 1.165) is 11.3 Å². The first-order valence-corrected chi connectivity index (χ1v) is 9.54. The zero-order valence-electron chi connectivity index (χ0n) is 12.8. The number of nitrogens with one attached hydrogen (secondary N) is 1. The smallest absolute Gasteiger partial charge is 0.250 e. The summed E-state index contributed by atoms with van der Waals surface area (Å²) in [7, 11) is -3.46. The van der Waals surface area contributed by atoms with Gasteiger partial charge >= 0.3 is 0 Å². The van der Waals surface area contributed by atoms with Gasteiger partial charge in [0.1, 0.15) is 4.21 Å². The Labute approximate surface area is 130 Å². The van der Waals surface area contributed by atoms with Gasteiger partial charge in [0.05, 0.1) is 6.10 Å². The molecule has 2 rings (SSSR count). The molecule has 2 atom stereocenters. The summed E-state index contributed by atoms with van der Waals surface area (Å²) in [5.41, 5.74) is 5.32. The molecule has 0 bridgehead atoms. The number of rotatable bonds is 7. The number of nitrogens with two attached hydrogens (primary N) is 1. The van der Waals surface area contributed by atoms with Gasteiger partial charge in [-0.15, -0.1) is 11.3 Å². The van der Waals surface area contributed by atoms with Gasteiger partial charge in [0.2, 0.25) is 10.0 Å². The largest absolute Gasteiger partial charge is 0.378 e. The van der Waals surface area contributed by atoms with Crippen molar-refractivity contribution in [3.05, 3.63) is 17.0 Å². The summed E-state index contributed by atoms with van der Waals surface area (Å²) >= 11 is 1.29. The molecule has 7 heteroatoms. The van der Waals surface area contributed by atoms with Crippen LogP contribution in [0.15, 0.2) is 16.3 Å². The third kappa shape index (κ3) is 3.48. The molecule has 1 aliphatic rings. The number of sulfonamides is 1. The fourth-order valence-electron chi connectivity index (χ4n) is 2.59. The molecule has 5 nitrogen and oxygen atoms in total. The highest BCUT2D eigenvalue weighted by Gasteiger charge is 2.50. The van der Waals surface area contributed by atoms with E-state index in [2.05, 4.69) is 4.72 Å². The second-order valence-corrected chi connectivity index (χ2v) is 9.04. The minimum Gasteiger partial charge on any atom is -0.378 e. The fraction of sp³-hybridized carbons (Fsp3) is 0.714. The van der Waals surface area contributed by atoms with E-state index in [4.69, 9.17) is 10.5 Å². The van der Waals surface area contributed by atoms with Crippen molar-refractivity contribution in [3.63, 3.8) is 0 Å². The fourth-order valence-corrected chi connectivity index (χ4v) is 5.39. The van der Waals surface area contributed by atoms with Crippen LogP contribution in [0.25, 0.3) is 0 Å². The summed E-state index contributed by atoms with van der Waals surface area (Å²) in [5.74, 6) is 0. The molecular formula is C14H24N2O3S2. The van der Waals surface area contributed by atoms with Gasteiger partial charge in [-0.2, -0.15) is 0 Å². The van der Waals surface area contributed by atoms with Gasteiger partial charge in [0.25, 0.3) is 0 Å². The molecule has 1 aromatic heterocycles. The minimum absolute atomic E-state index is 0.0842. The summed E-state index contributed by atoms with van der Waals surface area (Å²) in [6, 6.07) is 3.41. The molecule has 0 radical (unpaired) electrons. The lowest BCUT2D eigenvalue weighted by molar-refractivity contribution is -0.108. The van der Waals surface area contributed by atoms with Crippen molar-refractivity contribution in [2.75, 3.05) is 13.2 Å². The van der Waals surface area contributed by atoms with Gasteiger partial charge in [-0.1, -0.05) is 13.8 Å². The van der Waals surface area contributed by atoms with Gasteiger partial charge in [-0.3, -0.25) is 0 Å². The molecule has 1 fully saturated rings. The Balaban J connectivity index is 2.05. The van der Waals surface area contributed by atoms with E-state index >= 15 is 0 Å². The molecule has 120 valence electrons. The maximum atomic E-state index is 12.4. The van der Waals surface area contributed by atoms with Crippen LogP contribution in [0.5, 0.6) is 0 Å². The van der Waals surface area contributed by atoms with Crippen LogP contribution in [0.2, 0.25) is 0 Å². The van der Waals surface area contributed by atoms with Crippen molar-refractivity contribution in [3.8, 4) is 0 Å². The lowest BCUT2D eigenvalue weighted by Gasteiger charge is -2.51. The molecule has 1 aromatic rings. The van der Waals surface area contributed by atoms with E-state index in [1.54, 1.807) is 6.07 Å². The Bertz CT molecular complexity index is 581. The molecule has 0 aliphatic heterocycles. The quantitative estimate of drug-likeness (QED) is 0.797. The van der Waals surface area contributed by atoms with Crippen LogP contribution in [0, 0.1) is 5.41 Å². The van der Waals surface area contributed by atoms with Crippen LogP contribution in [0.3, 0.4) is 0 Å². The summed E-state index contributed by atoms with van der Waals surface area (Å²) in [6.07, 6.45) is 1.55. The minimum atomic E-state index is -3.46. The first-order valence-electron chi connectivity index (χ1n) is 7.24. The zero-order chi connectivity index (χ0) is 15.7. The van der Waals surface area contributed by atoms with Gasteiger partial charge < -0.3 is 10.5 Å². The van der Waals surface area contributed by atoms with E-state index in [1.807, 2.05) is 26.8 Å². The van der Waals surface area contributed by atoms with E-state index in [1.165, 1.54) is 11.3 Å². The summed E-state index contributed by atoms with van der Waals surface area (Å²) in [4.78, 5) is 0.998. The molecule has 1 saturated carbocycles. The Morgan fingerprint density at radius 3 is 2.76 bits per heavy atom. The maximum absolute atomic E-state index is 12.4. The van der Waals surface area contributed by atoms with Crippen molar-refractivity contribution < 1.29 is 13.2 Å². The predicted molar refractivity (Wildman–Crippen MR) is 85.0 cm³/mol. The third-order valence-corrected chi connectivity index (χ3v) is 7.24. The monoisotopic (exact) mass is 332 g/mol. The van der Waals surface area contributed by atoms with E-state index in [0.29, 0.717) is 23.8 Å².